The van der Waals surface area contributed by atoms with Gasteiger partial charge in [-0.2, -0.15) is 0 Å². The molecule has 1 N–H and O–H groups in total. The van der Waals surface area contributed by atoms with Gasteiger partial charge in [0.2, 0.25) is 10.0 Å². The molecule has 1 aliphatic carbocycles. The molecule has 1 aliphatic rings. The van der Waals surface area contributed by atoms with Gasteiger partial charge in [0.05, 0.1) is 5.52 Å². The molecule has 0 unspecified atom stereocenters. The van der Waals surface area contributed by atoms with Crippen LogP contribution in [0.15, 0.2) is 41.4 Å². The average Bonchev–Trinajstić information content (AvgIpc) is 2.54. The second kappa shape index (κ2) is 6.34. The minimum Gasteiger partial charge on any atom is -0.255 e. The first-order chi connectivity index (χ1) is 10.6. The van der Waals surface area contributed by atoms with Gasteiger partial charge in [0.1, 0.15) is 4.90 Å². The van der Waals surface area contributed by atoms with E-state index in [1.807, 2.05) is 18.2 Å². The molecule has 118 valence electrons. The zero-order chi connectivity index (χ0) is 15.6. The summed E-state index contributed by atoms with van der Waals surface area (Å²) in [7, 11) is -3.52. The Kier molecular flexibility index (Phi) is 4.45. The quantitative estimate of drug-likeness (QED) is 0.939. The van der Waals surface area contributed by atoms with E-state index in [4.69, 9.17) is 0 Å². The summed E-state index contributed by atoms with van der Waals surface area (Å²) in [5.41, 5.74) is 0.541. The van der Waals surface area contributed by atoms with Crippen LogP contribution in [-0.4, -0.2) is 19.4 Å². The molecule has 4 nitrogen and oxygen atoms in total. The molecule has 22 heavy (non-hydrogen) atoms. The lowest BCUT2D eigenvalue weighted by atomic mass is 9.85. The van der Waals surface area contributed by atoms with Crippen molar-refractivity contribution in [3.63, 3.8) is 0 Å². The molecule has 0 atom stereocenters. The summed E-state index contributed by atoms with van der Waals surface area (Å²) in [6.45, 7) is 2.21. The Morgan fingerprint density at radius 1 is 1.14 bits per heavy atom. The second-order valence-corrected chi connectivity index (χ2v) is 7.76. The number of hydrogen-bond acceptors (Lipinski definition) is 3. The first kappa shape index (κ1) is 15.4. The third-order valence-electron chi connectivity index (χ3n) is 4.63. The lowest BCUT2D eigenvalue weighted by Crippen LogP contribution is -2.37. The maximum Gasteiger partial charge on any atom is 0.242 e. The van der Waals surface area contributed by atoms with Crippen molar-refractivity contribution in [1.82, 2.24) is 9.71 Å². The Bertz CT molecular complexity index is 745. The topological polar surface area (TPSA) is 59.1 Å². The van der Waals surface area contributed by atoms with E-state index in [0.29, 0.717) is 5.52 Å². The average molecular weight is 318 g/mol. The van der Waals surface area contributed by atoms with Crippen molar-refractivity contribution in [3.05, 3.63) is 36.5 Å². The second-order valence-electron chi connectivity index (χ2n) is 6.08. The number of benzene rings is 1. The van der Waals surface area contributed by atoms with Crippen molar-refractivity contribution in [2.24, 2.45) is 5.92 Å². The highest BCUT2D eigenvalue weighted by Gasteiger charge is 2.26. The van der Waals surface area contributed by atoms with Gasteiger partial charge in [0.25, 0.3) is 0 Å². The maximum absolute atomic E-state index is 12.7. The van der Waals surface area contributed by atoms with Gasteiger partial charge in [-0.3, -0.25) is 4.98 Å². The highest BCUT2D eigenvalue weighted by molar-refractivity contribution is 7.89. The van der Waals surface area contributed by atoms with Gasteiger partial charge in [-0.15, -0.1) is 0 Å². The number of para-hydroxylation sites is 1. The van der Waals surface area contributed by atoms with Crippen LogP contribution in [0.3, 0.4) is 0 Å². The number of fused-ring (bicyclic) bond motifs is 1. The Morgan fingerprint density at radius 2 is 1.86 bits per heavy atom. The van der Waals surface area contributed by atoms with E-state index in [2.05, 4.69) is 16.6 Å². The van der Waals surface area contributed by atoms with Crippen LogP contribution in [0.2, 0.25) is 0 Å². The number of hydrogen-bond donors (Lipinski definition) is 1. The first-order valence-corrected chi connectivity index (χ1v) is 9.44. The molecule has 1 saturated carbocycles. The summed E-state index contributed by atoms with van der Waals surface area (Å²) >= 11 is 0. The summed E-state index contributed by atoms with van der Waals surface area (Å²) in [6, 6.07) is 9.04. The van der Waals surface area contributed by atoms with Crippen molar-refractivity contribution in [2.75, 3.05) is 0 Å². The monoisotopic (exact) mass is 318 g/mol. The number of rotatable bonds is 4. The lowest BCUT2D eigenvalue weighted by molar-refractivity contribution is 0.306. The Balaban J connectivity index is 1.83. The van der Waals surface area contributed by atoms with E-state index in [9.17, 15) is 8.42 Å². The molecular formula is C17H22N2O2S. The zero-order valence-electron chi connectivity index (χ0n) is 12.8. The molecule has 1 aromatic heterocycles. The Labute approximate surface area is 132 Å². The van der Waals surface area contributed by atoms with Crippen LogP contribution in [0, 0.1) is 5.92 Å². The van der Waals surface area contributed by atoms with Crippen LogP contribution in [0.1, 0.15) is 39.0 Å². The smallest absolute Gasteiger partial charge is 0.242 e. The van der Waals surface area contributed by atoms with Gasteiger partial charge in [-0.1, -0.05) is 31.5 Å². The first-order valence-electron chi connectivity index (χ1n) is 7.96. The molecule has 5 heteroatoms. The number of pyridine rings is 1. The molecule has 3 rings (SSSR count). The van der Waals surface area contributed by atoms with Crippen molar-refractivity contribution < 1.29 is 8.42 Å². The molecule has 1 heterocycles. The molecule has 1 aromatic carbocycles. The lowest BCUT2D eigenvalue weighted by Gasteiger charge is -2.28. The van der Waals surface area contributed by atoms with Crippen LogP contribution in [0.5, 0.6) is 0 Å². The highest BCUT2D eigenvalue weighted by Crippen LogP contribution is 2.28. The van der Waals surface area contributed by atoms with Gasteiger partial charge in [0, 0.05) is 17.6 Å². The van der Waals surface area contributed by atoms with E-state index in [1.165, 1.54) is 6.42 Å². The van der Waals surface area contributed by atoms with Gasteiger partial charge in [-0.05, 0) is 43.7 Å². The van der Waals surface area contributed by atoms with Crippen molar-refractivity contribution in [2.45, 2.75) is 50.0 Å². The molecule has 0 radical (unpaired) electrons. The fourth-order valence-corrected chi connectivity index (χ4v) is 4.75. The molecule has 0 amide bonds. The molecule has 0 saturated heterocycles. The maximum atomic E-state index is 12.7. The standard InChI is InChI=1S/C17H22N2O2S/c1-2-13-8-10-15(11-9-13)19-22(20,21)16-7-3-5-14-6-4-12-18-17(14)16/h3-7,12-13,15,19H,2,8-11H2,1H3. The Morgan fingerprint density at radius 3 is 2.59 bits per heavy atom. The zero-order valence-corrected chi connectivity index (χ0v) is 13.6. The normalized spacial score (nSPS) is 22.8. The van der Waals surface area contributed by atoms with Crippen molar-refractivity contribution in [1.29, 1.82) is 0 Å². The van der Waals surface area contributed by atoms with Crippen LogP contribution >= 0.6 is 0 Å². The third-order valence-corrected chi connectivity index (χ3v) is 6.18. The van der Waals surface area contributed by atoms with Crippen LogP contribution in [0.4, 0.5) is 0 Å². The van der Waals surface area contributed by atoms with Gasteiger partial charge >= 0.3 is 0 Å². The van der Waals surface area contributed by atoms with E-state index >= 15 is 0 Å². The fourth-order valence-electron chi connectivity index (χ4n) is 3.26. The van der Waals surface area contributed by atoms with Crippen molar-refractivity contribution >= 4 is 20.9 Å². The van der Waals surface area contributed by atoms with E-state index < -0.39 is 10.0 Å². The number of aromatic nitrogens is 1. The SMILES string of the molecule is CCC1CCC(NS(=O)(=O)c2cccc3cccnc23)CC1. The molecule has 0 aliphatic heterocycles. The molecule has 1 fully saturated rings. The number of sulfonamides is 1. The van der Waals surface area contributed by atoms with Gasteiger partial charge in [-0.25, -0.2) is 13.1 Å². The molecular weight excluding hydrogens is 296 g/mol. The molecule has 0 bridgehead atoms. The van der Waals surface area contributed by atoms with Crippen LogP contribution < -0.4 is 4.72 Å². The summed E-state index contributed by atoms with van der Waals surface area (Å²) < 4.78 is 28.3. The predicted molar refractivity (Wildman–Crippen MR) is 88.1 cm³/mol. The van der Waals surface area contributed by atoms with E-state index in [-0.39, 0.29) is 10.9 Å². The van der Waals surface area contributed by atoms with E-state index in [0.717, 1.165) is 37.0 Å². The minimum atomic E-state index is -3.52. The van der Waals surface area contributed by atoms with E-state index in [1.54, 1.807) is 18.3 Å². The summed E-state index contributed by atoms with van der Waals surface area (Å²) in [5, 5.41) is 0.847. The number of nitrogens with zero attached hydrogens (tertiary/aromatic N) is 1. The molecule has 0 spiro atoms. The summed E-state index contributed by atoms with van der Waals surface area (Å²) in [6.07, 6.45) is 6.89. The third kappa shape index (κ3) is 3.15. The largest absolute Gasteiger partial charge is 0.255 e. The highest BCUT2D eigenvalue weighted by atomic mass is 32.2. The molecule has 2 aromatic rings. The van der Waals surface area contributed by atoms with Crippen LogP contribution in [0.25, 0.3) is 10.9 Å². The van der Waals surface area contributed by atoms with Crippen LogP contribution in [-0.2, 0) is 10.0 Å². The summed E-state index contributed by atoms with van der Waals surface area (Å²) in [4.78, 5) is 4.53. The Hall–Kier alpha value is -1.46. The predicted octanol–water partition coefficient (Wildman–Crippen LogP) is 3.48. The summed E-state index contributed by atoms with van der Waals surface area (Å²) in [5.74, 6) is 0.750. The fraction of sp³-hybridized carbons (Fsp3) is 0.471. The number of nitrogens with one attached hydrogen (secondary N) is 1. The van der Waals surface area contributed by atoms with Gasteiger partial charge < -0.3 is 0 Å². The minimum absolute atomic E-state index is 0.0479. The van der Waals surface area contributed by atoms with Gasteiger partial charge in [0.15, 0.2) is 0 Å². The van der Waals surface area contributed by atoms with Crippen molar-refractivity contribution in [3.8, 4) is 0 Å².